The third-order valence-corrected chi connectivity index (χ3v) is 3.58. The standard InChI is InChI=1S/C19H24N6O2/c1-11(2)13(4)27-16-8-6-5-7-14(16)24-25-15-9-10-17(22-18(15)21)23-19(26)12(3)20/h5-12H,4,20H2,1-3H3,(H3,21,22,23,26)/t12-/m0/s1. The maximum absolute atomic E-state index is 11.6. The molecule has 142 valence electrons. The zero-order valence-corrected chi connectivity index (χ0v) is 15.6. The summed E-state index contributed by atoms with van der Waals surface area (Å²) in [6.07, 6.45) is 0. The lowest BCUT2D eigenvalue weighted by Gasteiger charge is -2.12. The van der Waals surface area contributed by atoms with Gasteiger partial charge in [-0.1, -0.05) is 32.6 Å². The molecule has 1 aromatic carbocycles. The first-order valence-electron chi connectivity index (χ1n) is 8.48. The van der Waals surface area contributed by atoms with Crippen LogP contribution in [-0.4, -0.2) is 16.9 Å². The Hall–Kier alpha value is -3.26. The number of rotatable bonds is 7. The number of hydrogen-bond donors (Lipinski definition) is 3. The van der Waals surface area contributed by atoms with Crippen LogP contribution in [0.25, 0.3) is 0 Å². The van der Waals surface area contributed by atoms with Crippen molar-refractivity contribution in [3.63, 3.8) is 0 Å². The van der Waals surface area contributed by atoms with Crippen LogP contribution in [0.5, 0.6) is 5.75 Å². The number of nitrogen functional groups attached to an aromatic ring is 1. The van der Waals surface area contributed by atoms with Gasteiger partial charge >= 0.3 is 0 Å². The lowest BCUT2D eigenvalue weighted by molar-refractivity contribution is -0.117. The number of nitrogens with one attached hydrogen (secondary N) is 1. The summed E-state index contributed by atoms with van der Waals surface area (Å²) >= 11 is 0. The SMILES string of the molecule is C=C(Oc1ccccc1N=Nc1ccc(NC(=O)[C@H](C)N)nc1N)C(C)C. The van der Waals surface area contributed by atoms with Gasteiger partial charge in [-0.3, -0.25) is 4.79 Å². The van der Waals surface area contributed by atoms with E-state index in [1.54, 1.807) is 31.2 Å². The molecule has 2 rings (SSSR count). The molecule has 5 N–H and O–H groups in total. The molecule has 27 heavy (non-hydrogen) atoms. The molecule has 1 aromatic heterocycles. The highest BCUT2D eigenvalue weighted by atomic mass is 16.5. The van der Waals surface area contributed by atoms with E-state index in [-0.39, 0.29) is 17.6 Å². The van der Waals surface area contributed by atoms with Crippen molar-refractivity contribution in [1.29, 1.82) is 0 Å². The molecule has 2 aromatic rings. The van der Waals surface area contributed by atoms with Crippen molar-refractivity contribution >= 4 is 28.9 Å². The molecule has 8 nitrogen and oxygen atoms in total. The molecule has 1 amide bonds. The molecule has 0 fully saturated rings. The quantitative estimate of drug-likeness (QED) is 0.504. The van der Waals surface area contributed by atoms with Gasteiger partial charge in [0.05, 0.1) is 11.8 Å². The van der Waals surface area contributed by atoms with Crippen LogP contribution >= 0.6 is 0 Å². The summed E-state index contributed by atoms with van der Waals surface area (Å²) in [5.74, 6) is 1.43. The highest BCUT2D eigenvalue weighted by Crippen LogP contribution is 2.32. The van der Waals surface area contributed by atoms with Gasteiger partial charge in [0.2, 0.25) is 5.91 Å². The minimum atomic E-state index is -0.649. The van der Waals surface area contributed by atoms with Crippen LogP contribution in [0, 0.1) is 5.92 Å². The van der Waals surface area contributed by atoms with Crippen LogP contribution in [0.2, 0.25) is 0 Å². The molecule has 1 atom stereocenters. The van der Waals surface area contributed by atoms with E-state index in [4.69, 9.17) is 16.2 Å². The summed E-state index contributed by atoms with van der Waals surface area (Å²) in [5.41, 5.74) is 12.3. The van der Waals surface area contributed by atoms with Gasteiger partial charge in [0.25, 0.3) is 0 Å². The van der Waals surface area contributed by atoms with Gasteiger partial charge in [-0.15, -0.1) is 10.2 Å². The topological polar surface area (TPSA) is 128 Å². The molecule has 0 aliphatic heterocycles. The zero-order chi connectivity index (χ0) is 20.0. The highest BCUT2D eigenvalue weighted by Gasteiger charge is 2.10. The average molecular weight is 368 g/mol. The molecule has 0 saturated heterocycles. The van der Waals surface area contributed by atoms with Gasteiger partial charge < -0.3 is 21.5 Å². The van der Waals surface area contributed by atoms with E-state index >= 15 is 0 Å². The molecule has 0 unspecified atom stereocenters. The number of allylic oxidation sites excluding steroid dienone is 1. The number of pyridine rings is 1. The van der Waals surface area contributed by atoms with E-state index in [2.05, 4.69) is 27.1 Å². The lowest BCUT2D eigenvalue weighted by Crippen LogP contribution is -2.32. The Kier molecular flexibility index (Phi) is 6.62. The van der Waals surface area contributed by atoms with E-state index < -0.39 is 6.04 Å². The summed E-state index contributed by atoms with van der Waals surface area (Å²) in [5, 5.41) is 10.9. The highest BCUT2D eigenvalue weighted by molar-refractivity contribution is 5.93. The number of aromatic nitrogens is 1. The summed E-state index contributed by atoms with van der Waals surface area (Å²) < 4.78 is 5.76. The number of carbonyl (C=O) groups is 1. The minimum absolute atomic E-state index is 0.131. The van der Waals surface area contributed by atoms with Crippen molar-refractivity contribution in [2.45, 2.75) is 26.8 Å². The number of amides is 1. The van der Waals surface area contributed by atoms with Crippen molar-refractivity contribution in [1.82, 2.24) is 4.98 Å². The van der Waals surface area contributed by atoms with Crippen molar-refractivity contribution in [3.05, 3.63) is 48.7 Å². The number of nitrogens with zero attached hydrogens (tertiary/aromatic N) is 3. The van der Waals surface area contributed by atoms with Crippen LogP contribution in [0.15, 0.2) is 59.0 Å². The molecule has 0 spiro atoms. The Morgan fingerprint density at radius 3 is 2.44 bits per heavy atom. The first-order valence-corrected chi connectivity index (χ1v) is 8.48. The van der Waals surface area contributed by atoms with E-state index in [0.29, 0.717) is 28.7 Å². The third kappa shape index (κ3) is 5.61. The lowest BCUT2D eigenvalue weighted by atomic mass is 10.2. The van der Waals surface area contributed by atoms with Crippen molar-refractivity contribution in [2.75, 3.05) is 11.1 Å². The molecular weight excluding hydrogens is 344 g/mol. The van der Waals surface area contributed by atoms with Crippen LogP contribution < -0.4 is 21.5 Å². The number of ether oxygens (including phenoxy) is 1. The number of benzene rings is 1. The van der Waals surface area contributed by atoms with Crippen molar-refractivity contribution < 1.29 is 9.53 Å². The largest absolute Gasteiger partial charge is 0.460 e. The monoisotopic (exact) mass is 368 g/mol. The average Bonchev–Trinajstić information content (AvgIpc) is 2.61. The molecule has 0 bridgehead atoms. The number of azo groups is 1. The molecule has 0 aliphatic rings. The first-order chi connectivity index (χ1) is 12.8. The first kappa shape index (κ1) is 20.1. The molecule has 0 aliphatic carbocycles. The van der Waals surface area contributed by atoms with Crippen LogP contribution in [0.1, 0.15) is 20.8 Å². The predicted molar refractivity (Wildman–Crippen MR) is 106 cm³/mol. The molecule has 1 heterocycles. The Morgan fingerprint density at radius 2 is 1.81 bits per heavy atom. The van der Waals surface area contributed by atoms with Gasteiger partial charge in [0, 0.05) is 5.92 Å². The Bertz CT molecular complexity index is 861. The number of nitrogens with two attached hydrogens (primary N) is 2. The van der Waals surface area contributed by atoms with Gasteiger partial charge in [-0.05, 0) is 31.2 Å². The predicted octanol–water partition coefficient (Wildman–Crippen LogP) is 3.91. The maximum Gasteiger partial charge on any atom is 0.242 e. The third-order valence-electron chi connectivity index (χ3n) is 3.58. The van der Waals surface area contributed by atoms with Crippen molar-refractivity contribution in [3.8, 4) is 5.75 Å². The second-order valence-corrected chi connectivity index (χ2v) is 6.27. The summed E-state index contributed by atoms with van der Waals surface area (Å²) in [4.78, 5) is 15.7. The van der Waals surface area contributed by atoms with Gasteiger partial charge in [0.15, 0.2) is 11.6 Å². The molecule has 0 radical (unpaired) electrons. The van der Waals surface area contributed by atoms with Gasteiger partial charge in [-0.2, -0.15) is 0 Å². The second kappa shape index (κ2) is 8.91. The number of para-hydroxylation sites is 1. The van der Waals surface area contributed by atoms with Gasteiger partial charge in [0.1, 0.15) is 17.2 Å². The maximum atomic E-state index is 11.6. The fraction of sp³-hybridized carbons (Fsp3) is 0.263. The number of carbonyl (C=O) groups excluding carboxylic acids is 1. The van der Waals surface area contributed by atoms with E-state index in [1.165, 1.54) is 0 Å². The minimum Gasteiger partial charge on any atom is -0.460 e. The molecule has 8 heteroatoms. The normalized spacial score (nSPS) is 12.2. The summed E-state index contributed by atoms with van der Waals surface area (Å²) in [7, 11) is 0. The Balaban J connectivity index is 2.19. The zero-order valence-electron chi connectivity index (χ0n) is 15.6. The van der Waals surface area contributed by atoms with Crippen LogP contribution in [0.4, 0.5) is 23.0 Å². The summed E-state index contributed by atoms with van der Waals surface area (Å²) in [6, 6.07) is 9.77. The second-order valence-electron chi connectivity index (χ2n) is 6.27. The summed E-state index contributed by atoms with van der Waals surface area (Å²) in [6.45, 7) is 9.46. The van der Waals surface area contributed by atoms with Gasteiger partial charge in [-0.25, -0.2) is 4.98 Å². The number of hydrogen-bond acceptors (Lipinski definition) is 7. The fourth-order valence-electron chi connectivity index (χ4n) is 1.85. The number of anilines is 2. The molecular formula is C19H24N6O2. The molecule has 0 saturated carbocycles. The van der Waals surface area contributed by atoms with Crippen LogP contribution in [-0.2, 0) is 4.79 Å². The van der Waals surface area contributed by atoms with E-state index in [0.717, 1.165) is 0 Å². The Labute approximate surface area is 158 Å². The van der Waals surface area contributed by atoms with Crippen molar-refractivity contribution in [2.24, 2.45) is 21.9 Å². The van der Waals surface area contributed by atoms with Crippen LogP contribution in [0.3, 0.4) is 0 Å². The smallest absolute Gasteiger partial charge is 0.242 e. The Morgan fingerprint density at radius 1 is 1.15 bits per heavy atom. The fourth-order valence-corrected chi connectivity index (χ4v) is 1.85. The van der Waals surface area contributed by atoms with E-state index in [9.17, 15) is 4.79 Å². The van der Waals surface area contributed by atoms with E-state index in [1.807, 2.05) is 26.0 Å².